The number of carbonyl (C=O) groups is 1. The van der Waals surface area contributed by atoms with Crippen molar-refractivity contribution in [3.63, 3.8) is 0 Å². The summed E-state index contributed by atoms with van der Waals surface area (Å²) in [6.07, 6.45) is 6.97. The van der Waals surface area contributed by atoms with Crippen molar-refractivity contribution in [3.05, 3.63) is 53.9 Å². The number of benzene rings is 1. The van der Waals surface area contributed by atoms with Gasteiger partial charge in [-0.1, -0.05) is 6.07 Å². The van der Waals surface area contributed by atoms with Crippen LogP contribution >= 0.6 is 0 Å². The fourth-order valence-electron chi connectivity index (χ4n) is 5.62. The van der Waals surface area contributed by atoms with Gasteiger partial charge in [0.15, 0.2) is 0 Å². The highest BCUT2D eigenvalue weighted by Gasteiger charge is 2.52. The molecular weight excluding hydrogens is 404 g/mol. The molecule has 0 radical (unpaired) electrons. The van der Waals surface area contributed by atoms with E-state index in [-0.39, 0.29) is 28.9 Å². The molecule has 0 bridgehead atoms. The van der Waals surface area contributed by atoms with E-state index in [1.54, 1.807) is 19.5 Å². The van der Waals surface area contributed by atoms with E-state index in [1.165, 1.54) is 0 Å². The summed E-state index contributed by atoms with van der Waals surface area (Å²) >= 11 is 0. The maximum absolute atomic E-state index is 12.8. The van der Waals surface area contributed by atoms with Gasteiger partial charge in [-0.15, -0.1) is 0 Å². The number of carbonyl (C=O) groups excluding carboxylic acids is 1. The van der Waals surface area contributed by atoms with Crippen molar-refractivity contribution < 1.29 is 19.0 Å². The van der Waals surface area contributed by atoms with Gasteiger partial charge in [0.2, 0.25) is 5.91 Å². The number of ether oxygens (including phenoxy) is 3. The summed E-state index contributed by atoms with van der Waals surface area (Å²) in [5.41, 5.74) is 1.87. The molecular formula is C26H32N2O4. The van der Waals surface area contributed by atoms with Crippen LogP contribution in [0.2, 0.25) is 0 Å². The molecule has 3 aliphatic heterocycles. The first kappa shape index (κ1) is 21.3. The van der Waals surface area contributed by atoms with Crippen molar-refractivity contribution in [1.29, 1.82) is 0 Å². The summed E-state index contributed by atoms with van der Waals surface area (Å²) < 4.78 is 18.4. The van der Waals surface area contributed by atoms with Crippen molar-refractivity contribution in [2.45, 2.75) is 51.2 Å². The van der Waals surface area contributed by atoms with Gasteiger partial charge in [-0.25, -0.2) is 0 Å². The van der Waals surface area contributed by atoms with Gasteiger partial charge in [-0.3, -0.25) is 9.78 Å². The van der Waals surface area contributed by atoms with Crippen LogP contribution in [0.1, 0.15) is 50.3 Å². The lowest BCUT2D eigenvalue weighted by Gasteiger charge is -2.54. The Kier molecular flexibility index (Phi) is 5.36. The number of rotatable bonds is 3. The summed E-state index contributed by atoms with van der Waals surface area (Å²) in [4.78, 5) is 18.9. The van der Waals surface area contributed by atoms with E-state index in [4.69, 9.17) is 14.2 Å². The third-order valence-electron chi connectivity index (χ3n) is 7.64. The summed E-state index contributed by atoms with van der Waals surface area (Å²) in [5, 5.41) is 0. The van der Waals surface area contributed by atoms with Crippen LogP contribution in [-0.2, 0) is 16.0 Å². The zero-order valence-corrected chi connectivity index (χ0v) is 19.2. The Morgan fingerprint density at radius 1 is 1.25 bits per heavy atom. The lowest BCUT2D eigenvalue weighted by atomic mass is 9.64. The molecule has 32 heavy (non-hydrogen) atoms. The lowest BCUT2D eigenvalue weighted by Crippen LogP contribution is -2.54. The highest BCUT2D eigenvalue weighted by atomic mass is 16.5. The first-order valence-corrected chi connectivity index (χ1v) is 11.5. The number of piperidine rings is 1. The molecule has 1 aromatic carbocycles. The second-order valence-electron chi connectivity index (χ2n) is 10.1. The van der Waals surface area contributed by atoms with Gasteiger partial charge in [-0.2, -0.15) is 0 Å². The number of methoxy groups -OCH3 is 1. The van der Waals surface area contributed by atoms with Crippen LogP contribution in [0.5, 0.6) is 11.5 Å². The summed E-state index contributed by atoms with van der Waals surface area (Å²) in [6.45, 7) is 6.65. The zero-order valence-electron chi connectivity index (χ0n) is 19.2. The van der Waals surface area contributed by atoms with E-state index >= 15 is 0 Å². The summed E-state index contributed by atoms with van der Waals surface area (Å²) in [5.74, 6) is 2.12. The van der Waals surface area contributed by atoms with Crippen LogP contribution in [0.3, 0.4) is 0 Å². The van der Waals surface area contributed by atoms with E-state index in [2.05, 4.69) is 24.9 Å². The second-order valence-corrected chi connectivity index (χ2v) is 10.1. The number of pyridine rings is 1. The van der Waals surface area contributed by atoms with Gasteiger partial charge in [0, 0.05) is 43.0 Å². The molecule has 2 aromatic rings. The van der Waals surface area contributed by atoms with Crippen LogP contribution in [0.4, 0.5) is 0 Å². The van der Waals surface area contributed by atoms with Crippen LogP contribution in [0.15, 0.2) is 42.7 Å². The molecule has 0 saturated carbocycles. The molecule has 4 heterocycles. The SMILES string of the molecule is COc1ccc2c(c1)OC(C)(C)[C@H]1CC3(CCN(C(=O)Cc4cccnc4)CC3)CO[C@H]21. The Labute approximate surface area is 189 Å². The average Bonchev–Trinajstić information content (AvgIpc) is 2.80. The Bertz CT molecular complexity index is 983. The Morgan fingerprint density at radius 2 is 2.06 bits per heavy atom. The zero-order chi connectivity index (χ0) is 22.3. The molecule has 2 atom stereocenters. The fraction of sp³-hybridized carbons (Fsp3) is 0.538. The van der Waals surface area contributed by atoms with E-state index < -0.39 is 0 Å². The molecule has 1 aromatic heterocycles. The maximum Gasteiger partial charge on any atom is 0.227 e. The first-order chi connectivity index (χ1) is 15.4. The highest BCUT2D eigenvalue weighted by molar-refractivity contribution is 5.78. The topological polar surface area (TPSA) is 60.9 Å². The first-order valence-electron chi connectivity index (χ1n) is 11.5. The molecule has 2 fully saturated rings. The van der Waals surface area contributed by atoms with E-state index in [1.807, 2.05) is 29.2 Å². The van der Waals surface area contributed by atoms with Crippen LogP contribution in [0.25, 0.3) is 0 Å². The molecule has 0 N–H and O–H groups in total. The van der Waals surface area contributed by atoms with Gasteiger partial charge in [-0.05, 0) is 62.3 Å². The van der Waals surface area contributed by atoms with Crippen molar-refractivity contribution in [1.82, 2.24) is 9.88 Å². The number of nitrogens with zero attached hydrogens (tertiary/aromatic N) is 2. The molecule has 6 heteroatoms. The molecule has 2 saturated heterocycles. The lowest BCUT2D eigenvalue weighted by molar-refractivity contribution is -0.176. The standard InChI is InChI=1S/C26H32N2O4/c1-25(2)21-15-26(17-31-24(21)20-7-6-19(30-3)14-22(20)32-25)8-11-28(12-9-26)23(29)13-18-5-4-10-27-16-18/h4-7,10,14,16,21,24H,8-9,11-13,15,17H2,1-3H3/t21-,24+/m0/s1. The number of likely N-dealkylation sites (tertiary alicyclic amines) is 1. The molecule has 6 nitrogen and oxygen atoms in total. The Morgan fingerprint density at radius 3 is 2.78 bits per heavy atom. The van der Waals surface area contributed by atoms with Crippen LogP contribution < -0.4 is 9.47 Å². The predicted molar refractivity (Wildman–Crippen MR) is 121 cm³/mol. The van der Waals surface area contributed by atoms with Gasteiger partial charge in [0.25, 0.3) is 0 Å². The highest BCUT2D eigenvalue weighted by Crippen LogP contribution is 2.55. The maximum atomic E-state index is 12.8. The van der Waals surface area contributed by atoms with E-state index in [9.17, 15) is 4.79 Å². The third kappa shape index (κ3) is 3.85. The molecule has 1 spiro atoms. The predicted octanol–water partition coefficient (Wildman–Crippen LogP) is 4.19. The monoisotopic (exact) mass is 436 g/mol. The number of aromatic nitrogens is 1. The van der Waals surface area contributed by atoms with Crippen molar-refractivity contribution in [3.8, 4) is 11.5 Å². The average molecular weight is 437 g/mol. The second kappa shape index (κ2) is 8.07. The van der Waals surface area contributed by atoms with Gasteiger partial charge in [0.1, 0.15) is 17.1 Å². The molecule has 0 unspecified atom stereocenters. The minimum atomic E-state index is -0.329. The smallest absolute Gasteiger partial charge is 0.227 e. The molecule has 5 rings (SSSR count). The molecule has 0 aliphatic carbocycles. The minimum Gasteiger partial charge on any atom is -0.497 e. The largest absolute Gasteiger partial charge is 0.497 e. The van der Waals surface area contributed by atoms with Gasteiger partial charge >= 0.3 is 0 Å². The summed E-state index contributed by atoms with van der Waals surface area (Å²) in [6, 6.07) is 9.87. The molecule has 1 amide bonds. The third-order valence-corrected chi connectivity index (χ3v) is 7.64. The van der Waals surface area contributed by atoms with Crippen LogP contribution in [0, 0.1) is 11.3 Å². The van der Waals surface area contributed by atoms with Crippen molar-refractivity contribution >= 4 is 5.91 Å². The number of fused-ring (bicyclic) bond motifs is 3. The Hall–Kier alpha value is -2.60. The minimum absolute atomic E-state index is 0.0375. The molecule has 3 aliphatic rings. The van der Waals surface area contributed by atoms with E-state index in [0.717, 1.165) is 61.6 Å². The number of amides is 1. The quantitative estimate of drug-likeness (QED) is 0.722. The normalized spacial score (nSPS) is 25.4. The van der Waals surface area contributed by atoms with Crippen molar-refractivity contribution in [2.24, 2.45) is 11.3 Å². The Balaban J connectivity index is 1.27. The summed E-state index contributed by atoms with van der Waals surface area (Å²) in [7, 11) is 1.67. The number of hydrogen-bond acceptors (Lipinski definition) is 5. The fourth-order valence-corrected chi connectivity index (χ4v) is 5.62. The number of hydrogen-bond donors (Lipinski definition) is 0. The van der Waals surface area contributed by atoms with Crippen molar-refractivity contribution in [2.75, 3.05) is 26.8 Å². The van der Waals surface area contributed by atoms with Crippen LogP contribution in [-0.4, -0.2) is 48.2 Å². The molecule has 170 valence electrons. The van der Waals surface area contributed by atoms with Gasteiger partial charge in [0.05, 0.1) is 26.2 Å². The van der Waals surface area contributed by atoms with E-state index in [0.29, 0.717) is 6.42 Å². The van der Waals surface area contributed by atoms with Gasteiger partial charge < -0.3 is 19.1 Å².